The third-order valence-electron chi connectivity index (χ3n) is 4.41. The van der Waals surface area contributed by atoms with Gasteiger partial charge in [0.1, 0.15) is 12.5 Å². The Labute approximate surface area is 169 Å². The van der Waals surface area contributed by atoms with Crippen molar-refractivity contribution in [2.24, 2.45) is 0 Å². The Morgan fingerprint density at radius 1 is 1.18 bits per heavy atom. The summed E-state index contributed by atoms with van der Waals surface area (Å²) in [6.07, 6.45) is 1.57. The molecule has 0 N–H and O–H groups in total. The minimum absolute atomic E-state index is 0.109. The molecule has 3 rings (SSSR count). The molecule has 150 valence electrons. The molecular weight excluding hydrogens is 396 g/mol. The maximum Gasteiger partial charge on any atom is 0.281 e. The maximum atomic E-state index is 13.1. The second-order valence-corrected chi connectivity index (χ2v) is 13.8. The lowest BCUT2D eigenvalue weighted by molar-refractivity contribution is 0.0897. The van der Waals surface area contributed by atoms with Gasteiger partial charge in [-0.2, -0.15) is 4.98 Å². The minimum Gasteiger partial charge on any atom is -0.497 e. The molecule has 7 nitrogen and oxygen atoms in total. The highest BCUT2D eigenvalue weighted by Gasteiger charge is 2.16. The fraction of sp³-hybridized carbons (Fsp3) is 0.421. The van der Waals surface area contributed by atoms with Crippen LogP contribution in [0.5, 0.6) is 5.75 Å². The van der Waals surface area contributed by atoms with Gasteiger partial charge in [0.15, 0.2) is 11.2 Å². The normalized spacial score (nSPS) is 11.9. The molecule has 0 bridgehead atoms. The highest BCUT2D eigenvalue weighted by molar-refractivity contribution is 6.76. The number of methoxy groups -OCH3 is 1. The second-order valence-electron chi connectivity index (χ2n) is 7.85. The topological polar surface area (TPSA) is 71.2 Å². The summed E-state index contributed by atoms with van der Waals surface area (Å²) in [5.74, 6) is 0.754. The van der Waals surface area contributed by atoms with Crippen molar-refractivity contribution in [3.63, 3.8) is 0 Å². The van der Waals surface area contributed by atoms with Crippen molar-refractivity contribution >= 4 is 30.8 Å². The molecule has 0 radical (unpaired) electrons. The number of halogens is 1. The van der Waals surface area contributed by atoms with Crippen LogP contribution in [0.25, 0.3) is 11.2 Å². The zero-order valence-electron chi connectivity index (χ0n) is 16.6. The van der Waals surface area contributed by atoms with Gasteiger partial charge in [0, 0.05) is 14.7 Å². The van der Waals surface area contributed by atoms with E-state index >= 15 is 0 Å². The molecule has 0 fully saturated rings. The Morgan fingerprint density at radius 3 is 2.54 bits per heavy atom. The average molecular weight is 421 g/mol. The van der Waals surface area contributed by atoms with Crippen LogP contribution in [-0.4, -0.2) is 40.9 Å². The number of fused-ring (bicyclic) bond motifs is 1. The van der Waals surface area contributed by atoms with Gasteiger partial charge in [-0.3, -0.25) is 9.36 Å². The summed E-state index contributed by atoms with van der Waals surface area (Å²) in [5.41, 5.74) is 1.40. The van der Waals surface area contributed by atoms with E-state index in [0.717, 1.165) is 17.4 Å². The van der Waals surface area contributed by atoms with Crippen molar-refractivity contribution in [3.8, 4) is 5.75 Å². The molecule has 1 aromatic carbocycles. The largest absolute Gasteiger partial charge is 0.497 e. The van der Waals surface area contributed by atoms with E-state index in [2.05, 4.69) is 29.6 Å². The predicted molar refractivity (Wildman–Crippen MR) is 113 cm³/mol. The monoisotopic (exact) mass is 420 g/mol. The van der Waals surface area contributed by atoms with E-state index in [9.17, 15) is 4.79 Å². The number of hydrogen-bond acceptors (Lipinski definition) is 5. The van der Waals surface area contributed by atoms with Gasteiger partial charge in [0.05, 0.1) is 20.0 Å². The van der Waals surface area contributed by atoms with Crippen molar-refractivity contribution in [2.75, 3.05) is 13.7 Å². The van der Waals surface area contributed by atoms with Crippen molar-refractivity contribution in [3.05, 3.63) is 51.8 Å². The number of imidazole rings is 1. The summed E-state index contributed by atoms with van der Waals surface area (Å²) < 4.78 is 14.1. The van der Waals surface area contributed by atoms with Gasteiger partial charge < -0.3 is 14.0 Å². The van der Waals surface area contributed by atoms with E-state index in [1.54, 1.807) is 18.0 Å². The Balaban J connectivity index is 1.84. The smallest absolute Gasteiger partial charge is 0.281 e. The van der Waals surface area contributed by atoms with Crippen LogP contribution in [0.3, 0.4) is 0 Å². The molecule has 0 spiro atoms. The van der Waals surface area contributed by atoms with Gasteiger partial charge in [-0.1, -0.05) is 31.8 Å². The van der Waals surface area contributed by atoms with Crippen molar-refractivity contribution < 1.29 is 9.47 Å². The first kappa shape index (κ1) is 20.6. The van der Waals surface area contributed by atoms with Crippen LogP contribution in [0.4, 0.5) is 0 Å². The van der Waals surface area contributed by atoms with Crippen molar-refractivity contribution in [2.45, 2.75) is 39.0 Å². The number of ether oxygens (including phenoxy) is 2. The Morgan fingerprint density at radius 2 is 1.89 bits per heavy atom. The summed E-state index contributed by atoms with van der Waals surface area (Å²) in [6, 6.07) is 8.53. The van der Waals surface area contributed by atoms with Crippen LogP contribution in [0.15, 0.2) is 35.4 Å². The SMILES string of the molecule is COc1ccc(Cn2c(Cl)nc3ncn(COCC[Si](C)(C)C)c3c2=O)cc1. The van der Waals surface area contributed by atoms with Gasteiger partial charge in [-0.25, -0.2) is 4.98 Å². The van der Waals surface area contributed by atoms with Crippen LogP contribution in [0.2, 0.25) is 31.0 Å². The molecule has 0 saturated carbocycles. The molecule has 9 heteroatoms. The first-order valence-electron chi connectivity index (χ1n) is 9.10. The van der Waals surface area contributed by atoms with Gasteiger partial charge in [0.2, 0.25) is 5.28 Å². The van der Waals surface area contributed by atoms with E-state index < -0.39 is 8.07 Å². The molecule has 2 heterocycles. The number of rotatable bonds is 8. The molecule has 0 aliphatic heterocycles. The highest BCUT2D eigenvalue weighted by Crippen LogP contribution is 2.16. The molecule has 3 aromatic rings. The molecule has 0 saturated heterocycles. The zero-order chi connectivity index (χ0) is 20.3. The minimum atomic E-state index is -1.16. The summed E-state index contributed by atoms with van der Waals surface area (Å²) in [4.78, 5) is 21.5. The van der Waals surface area contributed by atoms with Crippen LogP contribution in [-0.2, 0) is 18.0 Å². The lowest BCUT2D eigenvalue weighted by Gasteiger charge is -2.15. The molecule has 0 aliphatic rings. The Kier molecular flexibility index (Phi) is 6.22. The van der Waals surface area contributed by atoms with Crippen molar-refractivity contribution in [1.29, 1.82) is 0 Å². The molecule has 0 unspecified atom stereocenters. The molecule has 0 aliphatic carbocycles. The maximum absolute atomic E-state index is 13.1. The van der Waals surface area contributed by atoms with E-state index in [-0.39, 0.29) is 17.6 Å². The number of nitrogens with zero attached hydrogens (tertiary/aromatic N) is 4. The molecule has 0 amide bonds. The number of benzene rings is 1. The summed E-state index contributed by atoms with van der Waals surface area (Å²) >= 11 is 6.25. The van der Waals surface area contributed by atoms with E-state index in [1.807, 2.05) is 24.3 Å². The van der Waals surface area contributed by atoms with Crippen molar-refractivity contribution in [1.82, 2.24) is 19.1 Å². The van der Waals surface area contributed by atoms with Crippen LogP contribution < -0.4 is 10.3 Å². The van der Waals surface area contributed by atoms with E-state index in [4.69, 9.17) is 21.1 Å². The standard InChI is InChI=1S/C19H25ClN4O3Si/c1-26-15-7-5-14(6-8-15)11-24-18(25)16-17(22-19(24)20)21-12-23(16)13-27-9-10-28(2,3)4/h5-8,12H,9-11,13H2,1-4H3. The average Bonchev–Trinajstić information content (AvgIpc) is 3.05. The van der Waals surface area contributed by atoms with E-state index in [1.165, 1.54) is 4.57 Å². The summed E-state index contributed by atoms with van der Waals surface area (Å²) in [6.45, 7) is 8.14. The van der Waals surface area contributed by atoms with E-state index in [0.29, 0.717) is 24.3 Å². The molecular formula is C19H25ClN4O3Si. The first-order chi connectivity index (χ1) is 13.3. The fourth-order valence-electron chi connectivity index (χ4n) is 2.72. The second kappa shape index (κ2) is 8.46. The molecule has 0 atom stereocenters. The first-order valence-corrected chi connectivity index (χ1v) is 13.2. The van der Waals surface area contributed by atoms with Crippen LogP contribution >= 0.6 is 11.6 Å². The summed E-state index contributed by atoms with van der Waals surface area (Å²) in [5, 5.41) is 0.109. The van der Waals surface area contributed by atoms with Gasteiger partial charge >= 0.3 is 0 Å². The third kappa shape index (κ3) is 4.81. The van der Waals surface area contributed by atoms with Gasteiger partial charge in [-0.05, 0) is 35.3 Å². The zero-order valence-corrected chi connectivity index (χ0v) is 18.4. The Bertz CT molecular complexity index is 1010. The van der Waals surface area contributed by atoms with Gasteiger partial charge in [0.25, 0.3) is 5.56 Å². The third-order valence-corrected chi connectivity index (χ3v) is 6.41. The molecule has 28 heavy (non-hydrogen) atoms. The number of aromatic nitrogens is 4. The van der Waals surface area contributed by atoms with Gasteiger partial charge in [-0.15, -0.1) is 0 Å². The lowest BCUT2D eigenvalue weighted by Crippen LogP contribution is -2.25. The quantitative estimate of drug-likeness (QED) is 0.316. The van der Waals surface area contributed by atoms with Crippen LogP contribution in [0, 0.1) is 0 Å². The highest BCUT2D eigenvalue weighted by atomic mass is 35.5. The van der Waals surface area contributed by atoms with Crippen LogP contribution in [0.1, 0.15) is 5.56 Å². The lowest BCUT2D eigenvalue weighted by atomic mass is 10.2. The Hall–Kier alpha value is -2.16. The fourth-order valence-corrected chi connectivity index (χ4v) is 3.69. The predicted octanol–water partition coefficient (Wildman–Crippen LogP) is 3.62. The molecule has 2 aromatic heterocycles. The summed E-state index contributed by atoms with van der Waals surface area (Å²) in [7, 11) is 0.447. The number of hydrogen-bond donors (Lipinski definition) is 0.